The van der Waals surface area contributed by atoms with Crippen molar-refractivity contribution >= 4 is 11.6 Å². The van der Waals surface area contributed by atoms with Crippen LogP contribution in [0.4, 0.5) is 0 Å². The van der Waals surface area contributed by atoms with E-state index in [1.54, 1.807) is 0 Å². The predicted octanol–water partition coefficient (Wildman–Crippen LogP) is 6.30. The van der Waals surface area contributed by atoms with Crippen molar-refractivity contribution in [3.8, 4) is 5.75 Å². The highest BCUT2D eigenvalue weighted by atomic mass is 35.5. The first-order chi connectivity index (χ1) is 14.2. The van der Waals surface area contributed by atoms with Gasteiger partial charge in [-0.1, -0.05) is 68.6 Å². The third-order valence-corrected chi connectivity index (χ3v) is 5.33. The Morgan fingerprint density at radius 3 is 2.21 bits per heavy atom. The summed E-state index contributed by atoms with van der Waals surface area (Å²) in [6.07, 6.45) is 6.33. The summed E-state index contributed by atoms with van der Waals surface area (Å²) in [4.78, 5) is 2.62. The number of hydrogen-bond donors (Lipinski definition) is 1. The molecule has 1 N–H and O–H groups in total. The second kappa shape index (κ2) is 14.4. The van der Waals surface area contributed by atoms with Gasteiger partial charge in [-0.3, -0.25) is 0 Å². The molecule has 29 heavy (non-hydrogen) atoms. The zero-order valence-electron chi connectivity index (χ0n) is 18.1. The third-order valence-electron chi connectivity index (χ3n) is 5.08. The molecule has 0 saturated heterocycles. The normalized spacial score (nSPS) is 11.2. The fourth-order valence-corrected chi connectivity index (χ4v) is 3.41. The van der Waals surface area contributed by atoms with E-state index >= 15 is 0 Å². The Labute approximate surface area is 182 Å². The quantitative estimate of drug-likeness (QED) is 0.345. The number of nitrogens with one attached hydrogen (secondary N) is 1. The van der Waals surface area contributed by atoms with E-state index in [4.69, 9.17) is 16.3 Å². The van der Waals surface area contributed by atoms with Crippen LogP contribution in [-0.4, -0.2) is 31.1 Å². The van der Waals surface area contributed by atoms with Crippen LogP contribution in [0.2, 0.25) is 5.02 Å². The molecule has 0 aromatic heterocycles. The Hall–Kier alpha value is -1.55. The molecule has 0 aliphatic rings. The molecule has 0 aliphatic heterocycles. The van der Waals surface area contributed by atoms with Crippen LogP contribution in [0.15, 0.2) is 48.5 Å². The van der Waals surface area contributed by atoms with Gasteiger partial charge >= 0.3 is 0 Å². The Morgan fingerprint density at radius 2 is 1.52 bits per heavy atom. The van der Waals surface area contributed by atoms with Crippen molar-refractivity contribution in [1.29, 1.82) is 0 Å². The summed E-state index contributed by atoms with van der Waals surface area (Å²) in [7, 11) is 0. The van der Waals surface area contributed by atoms with Gasteiger partial charge in [0, 0.05) is 17.1 Å². The van der Waals surface area contributed by atoms with Crippen LogP contribution in [0.5, 0.6) is 5.75 Å². The van der Waals surface area contributed by atoms with Gasteiger partial charge in [-0.05, 0) is 69.2 Å². The van der Waals surface area contributed by atoms with Gasteiger partial charge in [-0.25, -0.2) is 0 Å². The van der Waals surface area contributed by atoms with E-state index in [0.29, 0.717) is 6.61 Å². The number of nitrogens with zero attached hydrogens (tertiary/aromatic N) is 1. The standard InChI is InChI=1S/C25H37ClN2O/c1-3-5-17-28(18-6-4-2)19-9-16-27-20-23-10-7-8-11-25(23)29-21-22-12-14-24(26)15-13-22/h7-8,10-15,27H,3-6,9,16-21H2,1-2H3. The molecule has 3 nitrogen and oxygen atoms in total. The highest BCUT2D eigenvalue weighted by Gasteiger charge is 2.05. The molecule has 0 saturated carbocycles. The lowest BCUT2D eigenvalue weighted by molar-refractivity contribution is 0.260. The first-order valence-electron chi connectivity index (χ1n) is 11.1. The lowest BCUT2D eigenvalue weighted by atomic mass is 10.2. The van der Waals surface area contributed by atoms with Crippen molar-refractivity contribution < 1.29 is 4.74 Å². The van der Waals surface area contributed by atoms with E-state index in [9.17, 15) is 0 Å². The average Bonchev–Trinajstić information content (AvgIpc) is 2.75. The summed E-state index contributed by atoms with van der Waals surface area (Å²) in [6.45, 7) is 10.6. The van der Waals surface area contributed by atoms with Crippen LogP contribution in [0, 0.1) is 0 Å². The molecule has 0 heterocycles. The fourth-order valence-electron chi connectivity index (χ4n) is 3.28. The highest BCUT2D eigenvalue weighted by Crippen LogP contribution is 2.20. The first-order valence-corrected chi connectivity index (χ1v) is 11.5. The Balaban J connectivity index is 1.73. The molecule has 2 aromatic rings. The smallest absolute Gasteiger partial charge is 0.124 e. The first kappa shape index (κ1) is 23.7. The summed E-state index contributed by atoms with van der Waals surface area (Å²) in [5, 5.41) is 4.34. The SMILES string of the molecule is CCCCN(CCCC)CCCNCc1ccccc1OCc1ccc(Cl)cc1. The van der Waals surface area contributed by atoms with Crippen molar-refractivity contribution in [3.05, 3.63) is 64.7 Å². The minimum Gasteiger partial charge on any atom is -0.489 e. The third kappa shape index (κ3) is 9.66. The topological polar surface area (TPSA) is 24.5 Å². The molecule has 0 unspecified atom stereocenters. The molecule has 0 bridgehead atoms. The maximum Gasteiger partial charge on any atom is 0.124 e. The van der Waals surface area contributed by atoms with Gasteiger partial charge in [0.1, 0.15) is 12.4 Å². The van der Waals surface area contributed by atoms with Crippen LogP contribution in [-0.2, 0) is 13.2 Å². The van der Waals surface area contributed by atoms with Crippen LogP contribution >= 0.6 is 11.6 Å². The number of rotatable bonds is 15. The number of unbranched alkanes of at least 4 members (excludes halogenated alkanes) is 2. The lowest BCUT2D eigenvalue weighted by Crippen LogP contribution is -2.29. The maximum atomic E-state index is 6.06. The molecule has 4 heteroatoms. The van der Waals surface area contributed by atoms with Gasteiger partial charge in [-0.2, -0.15) is 0 Å². The van der Waals surface area contributed by atoms with Crippen molar-refractivity contribution in [2.24, 2.45) is 0 Å². The van der Waals surface area contributed by atoms with Crippen molar-refractivity contribution in [1.82, 2.24) is 10.2 Å². The summed E-state index contributed by atoms with van der Waals surface area (Å²) < 4.78 is 6.06. The molecule has 0 radical (unpaired) electrons. The predicted molar refractivity (Wildman–Crippen MR) is 125 cm³/mol. The number of benzene rings is 2. The van der Waals surface area contributed by atoms with Gasteiger partial charge in [0.15, 0.2) is 0 Å². The van der Waals surface area contributed by atoms with E-state index in [1.807, 2.05) is 36.4 Å². The second-order valence-electron chi connectivity index (χ2n) is 7.60. The Kier molecular flexibility index (Phi) is 11.8. The molecule has 160 valence electrons. The molecular formula is C25H37ClN2O. The number of para-hydroxylation sites is 1. The van der Waals surface area contributed by atoms with E-state index in [2.05, 4.69) is 36.2 Å². The lowest BCUT2D eigenvalue weighted by Gasteiger charge is -2.22. The number of hydrogen-bond acceptors (Lipinski definition) is 3. The van der Waals surface area contributed by atoms with E-state index in [1.165, 1.54) is 57.3 Å². The zero-order valence-corrected chi connectivity index (χ0v) is 18.9. The average molecular weight is 417 g/mol. The van der Waals surface area contributed by atoms with E-state index in [0.717, 1.165) is 29.4 Å². The maximum absolute atomic E-state index is 6.06. The molecule has 2 aromatic carbocycles. The minimum atomic E-state index is 0.554. The molecule has 0 amide bonds. The Bertz CT molecular complexity index is 667. The van der Waals surface area contributed by atoms with Gasteiger partial charge in [0.2, 0.25) is 0 Å². The molecule has 0 spiro atoms. The van der Waals surface area contributed by atoms with Gasteiger partial charge in [0.05, 0.1) is 0 Å². The van der Waals surface area contributed by atoms with E-state index < -0.39 is 0 Å². The molecule has 0 atom stereocenters. The molecular weight excluding hydrogens is 380 g/mol. The highest BCUT2D eigenvalue weighted by molar-refractivity contribution is 6.30. The second-order valence-corrected chi connectivity index (χ2v) is 8.04. The van der Waals surface area contributed by atoms with E-state index in [-0.39, 0.29) is 0 Å². The summed E-state index contributed by atoms with van der Waals surface area (Å²) in [6, 6.07) is 16.1. The summed E-state index contributed by atoms with van der Waals surface area (Å²) >= 11 is 5.95. The molecule has 0 aliphatic carbocycles. The van der Waals surface area contributed by atoms with Crippen LogP contribution in [0.1, 0.15) is 57.1 Å². The van der Waals surface area contributed by atoms with Gasteiger partial charge in [0.25, 0.3) is 0 Å². The zero-order chi connectivity index (χ0) is 20.7. The van der Waals surface area contributed by atoms with Crippen LogP contribution in [0.25, 0.3) is 0 Å². The largest absolute Gasteiger partial charge is 0.489 e. The van der Waals surface area contributed by atoms with Gasteiger partial charge in [-0.15, -0.1) is 0 Å². The summed E-state index contributed by atoms with van der Waals surface area (Å²) in [5.41, 5.74) is 2.33. The summed E-state index contributed by atoms with van der Waals surface area (Å²) in [5.74, 6) is 0.947. The fraction of sp³-hybridized carbons (Fsp3) is 0.520. The molecule has 2 rings (SSSR count). The molecule has 0 fully saturated rings. The van der Waals surface area contributed by atoms with Gasteiger partial charge < -0.3 is 15.0 Å². The number of ether oxygens (including phenoxy) is 1. The Morgan fingerprint density at radius 1 is 0.862 bits per heavy atom. The van der Waals surface area contributed by atoms with Crippen LogP contribution < -0.4 is 10.1 Å². The van der Waals surface area contributed by atoms with Crippen molar-refractivity contribution in [3.63, 3.8) is 0 Å². The van der Waals surface area contributed by atoms with Crippen molar-refractivity contribution in [2.75, 3.05) is 26.2 Å². The minimum absolute atomic E-state index is 0.554. The van der Waals surface area contributed by atoms with Crippen molar-refractivity contribution in [2.45, 2.75) is 59.1 Å². The monoisotopic (exact) mass is 416 g/mol. The number of halogens is 1. The van der Waals surface area contributed by atoms with Crippen LogP contribution in [0.3, 0.4) is 0 Å².